The van der Waals surface area contributed by atoms with Gasteiger partial charge in [-0.1, -0.05) is 0 Å². The SMILES string of the molecule is CC(Cn1cncc1C(N)CO)S(C)=O. The Balaban J connectivity index is 2.77. The van der Waals surface area contributed by atoms with E-state index in [1.165, 1.54) is 0 Å². The van der Waals surface area contributed by atoms with Crippen LogP contribution in [0.2, 0.25) is 0 Å². The Hall–Kier alpha value is -0.720. The fraction of sp³-hybridized carbons (Fsp3) is 0.667. The molecule has 15 heavy (non-hydrogen) atoms. The summed E-state index contributed by atoms with van der Waals surface area (Å²) in [6.07, 6.45) is 4.95. The van der Waals surface area contributed by atoms with Gasteiger partial charge in [-0.05, 0) is 6.92 Å². The van der Waals surface area contributed by atoms with Crippen molar-refractivity contribution in [1.29, 1.82) is 0 Å². The van der Waals surface area contributed by atoms with Gasteiger partial charge in [0.1, 0.15) is 0 Å². The summed E-state index contributed by atoms with van der Waals surface area (Å²) in [4.78, 5) is 3.98. The van der Waals surface area contributed by atoms with Crippen molar-refractivity contribution in [3.05, 3.63) is 18.2 Å². The predicted octanol–water partition coefficient (Wildman–Crippen LogP) is -0.358. The highest BCUT2D eigenvalue weighted by atomic mass is 32.2. The molecule has 3 N–H and O–H groups in total. The van der Waals surface area contributed by atoms with E-state index in [2.05, 4.69) is 4.98 Å². The largest absolute Gasteiger partial charge is 0.394 e. The van der Waals surface area contributed by atoms with Crippen LogP contribution in [0.25, 0.3) is 0 Å². The highest BCUT2D eigenvalue weighted by molar-refractivity contribution is 7.84. The molecule has 0 amide bonds. The van der Waals surface area contributed by atoms with Gasteiger partial charge in [0.05, 0.1) is 24.7 Å². The van der Waals surface area contributed by atoms with Crippen molar-refractivity contribution < 1.29 is 9.32 Å². The summed E-state index contributed by atoms with van der Waals surface area (Å²) < 4.78 is 13.1. The summed E-state index contributed by atoms with van der Waals surface area (Å²) in [5.41, 5.74) is 6.48. The zero-order chi connectivity index (χ0) is 11.4. The molecule has 5 nitrogen and oxygen atoms in total. The van der Waals surface area contributed by atoms with Gasteiger partial charge < -0.3 is 15.4 Å². The molecule has 3 unspecified atom stereocenters. The van der Waals surface area contributed by atoms with Crippen LogP contribution in [0.1, 0.15) is 18.7 Å². The molecule has 1 aromatic rings. The summed E-state index contributed by atoms with van der Waals surface area (Å²) in [5.74, 6) is 0. The minimum absolute atomic E-state index is 0.0452. The van der Waals surface area contributed by atoms with E-state index in [9.17, 15) is 4.21 Å². The van der Waals surface area contributed by atoms with Crippen LogP contribution in [-0.2, 0) is 17.3 Å². The van der Waals surface area contributed by atoms with Crippen LogP contribution < -0.4 is 5.73 Å². The second-order valence-corrected chi connectivity index (χ2v) is 5.37. The second kappa shape index (κ2) is 5.39. The highest BCUT2D eigenvalue weighted by Crippen LogP contribution is 2.10. The third-order valence-corrected chi connectivity index (χ3v) is 3.62. The molecule has 0 aromatic carbocycles. The first kappa shape index (κ1) is 12.4. The quantitative estimate of drug-likeness (QED) is 0.725. The maximum absolute atomic E-state index is 11.2. The van der Waals surface area contributed by atoms with Gasteiger partial charge in [0, 0.05) is 35.0 Å². The summed E-state index contributed by atoms with van der Waals surface area (Å²) in [6, 6.07) is -0.426. The fourth-order valence-electron chi connectivity index (χ4n) is 1.27. The molecule has 0 bridgehead atoms. The number of imidazole rings is 1. The summed E-state index contributed by atoms with van der Waals surface area (Å²) in [5, 5.41) is 8.99. The molecule has 0 saturated heterocycles. The number of aromatic nitrogens is 2. The number of rotatable bonds is 5. The van der Waals surface area contributed by atoms with E-state index < -0.39 is 16.8 Å². The van der Waals surface area contributed by atoms with Crippen molar-refractivity contribution in [2.45, 2.75) is 24.8 Å². The minimum atomic E-state index is -0.870. The van der Waals surface area contributed by atoms with Gasteiger partial charge in [-0.3, -0.25) is 4.21 Å². The van der Waals surface area contributed by atoms with Crippen LogP contribution in [0, 0.1) is 0 Å². The molecule has 1 rings (SSSR count). The van der Waals surface area contributed by atoms with E-state index in [-0.39, 0.29) is 11.9 Å². The summed E-state index contributed by atoms with van der Waals surface area (Å²) in [6.45, 7) is 2.39. The first-order chi connectivity index (χ1) is 7.06. The van der Waals surface area contributed by atoms with Gasteiger partial charge in [-0.25, -0.2) is 4.98 Å². The number of hydrogen-bond donors (Lipinski definition) is 2. The minimum Gasteiger partial charge on any atom is -0.394 e. The molecule has 86 valence electrons. The standard InChI is InChI=1S/C9H17N3O2S/c1-7(15(2)14)4-12-6-11-3-9(12)8(10)5-13/h3,6-8,13H,4-5,10H2,1-2H3. The third-order valence-electron chi connectivity index (χ3n) is 2.34. The Kier molecular flexibility index (Phi) is 4.44. The number of nitrogens with zero attached hydrogens (tertiary/aromatic N) is 2. The average molecular weight is 231 g/mol. The normalized spacial score (nSPS) is 17.3. The maximum atomic E-state index is 11.2. The Labute approximate surface area is 91.8 Å². The lowest BCUT2D eigenvalue weighted by Gasteiger charge is -2.15. The van der Waals surface area contributed by atoms with Crippen molar-refractivity contribution in [2.24, 2.45) is 5.73 Å². The lowest BCUT2D eigenvalue weighted by molar-refractivity contribution is 0.263. The van der Waals surface area contributed by atoms with E-state index in [4.69, 9.17) is 10.8 Å². The van der Waals surface area contributed by atoms with E-state index in [0.717, 1.165) is 5.69 Å². The molecule has 6 heteroatoms. The molecule has 0 aliphatic carbocycles. The van der Waals surface area contributed by atoms with Crippen molar-refractivity contribution in [2.75, 3.05) is 12.9 Å². The predicted molar refractivity (Wildman–Crippen MR) is 59.8 cm³/mol. The summed E-state index contributed by atoms with van der Waals surface area (Å²) in [7, 11) is -0.870. The molecule has 0 radical (unpaired) electrons. The van der Waals surface area contributed by atoms with Crippen LogP contribution in [0.5, 0.6) is 0 Å². The second-order valence-electron chi connectivity index (χ2n) is 3.57. The zero-order valence-corrected chi connectivity index (χ0v) is 9.78. The topological polar surface area (TPSA) is 81.1 Å². The van der Waals surface area contributed by atoms with Crippen LogP contribution in [0.15, 0.2) is 12.5 Å². The van der Waals surface area contributed by atoms with Gasteiger partial charge in [0.15, 0.2) is 0 Å². The average Bonchev–Trinajstić information content (AvgIpc) is 2.64. The monoisotopic (exact) mass is 231 g/mol. The molecule has 0 fully saturated rings. The molecule has 0 spiro atoms. The molecule has 3 atom stereocenters. The van der Waals surface area contributed by atoms with Gasteiger partial charge in [-0.15, -0.1) is 0 Å². The number of hydrogen-bond acceptors (Lipinski definition) is 4. The van der Waals surface area contributed by atoms with Crippen molar-refractivity contribution in [3.8, 4) is 0 Å². The number of aliphatic hydroxyl groups excluding tert-OH is 1. The number of aliphatic hydroxyl groups is 1. The lowest BCUT2D eigenvalue weighted by Crippen LogP contribution is -2.23. The smallest absolute Gasteiger partial charge is 0.0949 e. The zero-order valence-electron chi connectivity index (χ0n) is 8.96. The van der Waals surface area contributed by atoms with Gasteiger partial charge in [-0.2, -0.15) is 0 Å². The molecule has 0 aliphatic rings. The first-order valence-corrected chi connectivity index (χ1v) is 6.37. The van der Waals surface area contributed by atoms with Crippen LogP contribution in [0.3, 0.4) is 0 Å². The number of nitrogens with two attached hydrogens (primary N) is 1. The highest BCUT2D eigenvalue weighted by Gasteiger charge is 2.13. The van der Waals surface area contributed by atoms with Gasteiger partial charge >= 0.3 is 0 Å². The van der Waals surface area contributed by atoms with E-state index in [1.807, 2.05) is 11.5 Å². The van der Waals surface area contributed by atoms with Crippen LogP contribution >= 0.6 is 0 Å². The van der Waals surface area contributed by atoms with E-state index >= 15 is 0 Å². The van der Waals surface area contributed by atoms with E-state index in [0.29, 0.717) is 6.54 Å². The van der Waals surface area contributed by atoms with E-state index in [1.54, 1.807) is 18.8 Å². The Morgan fingerprint density at radius 2 is 2.40 bits per heavy atom. The first-order valence-electron chi connectivity index (χ1n) is 4.75. The van der Waals surface area contributed by atoms with Crippen molar-refractivity contribution >= 4 is 10.8 Å². The van der Waals surface area contributed by atoms with Crippen molar-refractivity contribution in [1.82, 2.24) is 9.55 Å². The van der Waals surface area contributed by atoms with Crippen molar-refractivity contribution in [3.63, 3.8) is 0 Å². The maximum Gasteiger partial charge on any atom is 0.0949 e. The van der Waals surface area contributed by atoms with Crippen LogP contribution in [0.4, 0.5) is 0 Å². The third kappa shape index (κ3) is 3.12. The van der Waals surface area contributed by atoms with Gasteiger partial charge in [0.25, 0.3) is 0 Å². The molecular weight excluding hydrogens is 214 g/mol. The Morgan fingerprint density at radius 3 is 2.93 bits per heavy atom. The lowest BCUT2D eigenvalue weighted by atomic mass is 10.2. The molecule has 1 aromatic heterocycles. The molecule has 0 saturated carbocycles. The van der Waals surface area contributed by atoms with Gasteiger partial charge in [0.2, 0.25) is 0 Å². The summed E-state index contributed by atoms with van der Waals surface area (Å²) >= 11 is 0. The molecule has 0 aliphatic heterocycles. The Bertz CT molecular complexity index is 340. The molecular formula is C9H17N3O2S. The Morgan fingerprint density at radius 1 is 1.73 bits per heavy atom. The molecule has 1 heterocycles. The fourth-order valence-corrected chi connectivity index (χ4v) is 1.64. The van der Waals surface area contributed by atoms with Crippen LogP contribution in [-0.4, -0.2) is 37.0 Å².